The van der Waals surface area contributed by atoms with Gasteiger partial charge in [-0.15, -0.1) is 12.4 Å². The first-order valence-corrected chi connectivity index (χ1v) is 6.86. The Morgan fingerprint density at radius 2 is 2.22 bits per heavy atom. The third-order valence-corrected chi connectivity index (χ3v) is 4.05. The Labute approximate surface area is 116 Å². The molecule has 1 aliphatic heterocycles. The Morgan fingerprint density at radius 1 is 1.44 bits per heavy atom. The lowest BCUT2D eigenvalue weighted by atomic mass is 9.85. The Kier molecular flexibility index (Phi) is 6.39. The first kappa shape index (κ1) is 15.7. The van der Waals surface area contributed by atoms with Crippen LogP contribution in [0.4, 0.5) is 0 Å². The van der Waals surface area contributed by atoms with Crippen molar-refractivity contribution in [1.29, 1.82) is 0 Å². The zero-order valence-corrected chi connectivity index (χ0v) is 12.0. The van der Waals surface area contributed by atoms with Gasteiger partial charge in [-0.25, -0.2) is 0 Å². The van der Waals surface area contributed by atoms with Crippen LogP contribution in [0.15, 0.2) is 0 Å². The van der Waals surface area contributed by atoms with Crippen molar-refractivity contribution < 1.29 is 9.53 Å². The summed E-state index contributed by atoms with van der Waals surface area (Å²) in [6.45, 7) is 4.25. The molecule has 1 aliphatic carbocycles. The average molecular weight is 277 g/mol. The second kappa shape index (κ2) is 7.31. The number of carbonyl (C=O) groups excluding carboxylic acids is 1. The molecule has 2 fully saturated rings. The highest BCUT2D eigenvalue weighted by molar-refractivity contribution is 5.85. The van der Waals surface area contributed by atoms with E-state index in [4.69, 9.17) is 10.5 Å². The fourth-order valence-corrected chi connectivity index (χ4v) is 2.97. The summed E-state index contributed by atoms with van der Waals surface area (Å²) in [7, 11) is 0. The van der Waals surface area contributed by atoms with E-state index < -0.39 is 0 Å². The van der Waals surface area contributed by atoms with E-state index in [1.54, 1.807) is 0 Å². The smallest absolute Gasteiger partial charge is 0.226 e. The molecule has 1 saturated heterocycles. The van der Waals surface area contributed by atoms with E-state index in [2.05, 4.69) is 6.92 Å². The summed E-state index contributed by atoms with van der Waals surface area (Å²) in [5.74, 6) is 0.473. The zero-order chi connectivity index (χ0) is 12.3. The first-order chi connectivity index (χ1) is 8.22. The summed E-state index contributed by atoms with van der Waals surface area (Å²) in [6.07, 6.45) is 5.03. The van der Waals surface area contributed by atoms with Gasteiger partial charge in [-0.1, -0.05) is 13.3 Å². The van der Waals surface area contributed by atoms with Crippen LogP contribution in [-0.2, 0) is 9.53 Å². The van der Waals surface area contributed by atoms with Crippen LogP contribution >= 0.6 is 12.4 Å². The molecule has 18 heavy (non-hydrogen) atoms. The summed E-state index contributed by atoms with van der Waals surface area (Å²) in [4.78, 5) is 14.5. The Balaban J connectivity index is 0.00000162. The van der Waals surface area contributed by atoms with E-state index in [9.17, 15) is 4.79 Å². The van der Waals surface area contributed by atoms with Crippen molar-refractivity contribution >= 4 is 18.3 Å². The molecule has 1 saturated carbocycles. The van der Waals surface area contributed by atoms with E-state index >= 15 is 0 Å². The van der Waals surface area contributed by atoms with Crippen LogP contribution in [-0.4, -0.2) is 42.6 Å². The molecule has 4 nitrogen and oxygen atoms in total. The minimum absolute atomic E-state index is 0. The fourth-order valence-electron chi connectivity index (χ4n) is 2.97. The summed E-state index contributed by atoms with van der Waals surface area (Å²) in [6, 6.07) is 0.494. The molecule has 5 heteroatoms. The van der Waals surface area contributed by atoms with Crippen LogP contribution in [0.3, 0.4) is 0 Å². The molecule has 0 aromatic heterocycles. The van der Waals surface area contributed by atoms with Crippen LogP contribution in [0, 0.1) is 5.92 Å². The number of amides is 1. The minimum atomic E-state index is 0. The van der Waals surface area contributed by atoms with Gasteiger partial charge < -0.3 is 15.4 Å². The molecule has 2 N–H and O–H groups in total. The highest BCUT2D eigenvalue weighted by Crippen LogP contribution is 2.26. The quantitative estimate of drug-likeness (QED) is 0.833. The standard InChI is InChI=1S/C13H24N2O2.ClH/c1-2-12-9-17-7-6-15(12)13(16)10-4-3-5-11(14)8-10;/h10-12H,2-9,14H2,1H3;1H. The van der Waals surface area contributed by atoms with Crippen molar-refractivity contribution in [3.05, 3.63) is 0 Å². The van der Waals surface area contributed by atoms with Gasteiger partial charge in [0.25, 0.3) is 0 Å². The molecule has 0 radical (unpaired) electrons. The van der Waals surface area contributed by atoms with E-state index in [0.29, 0.717) is 19.1 Å². The lowest BCUT2D eigenvalue weighted by Crippen LogP contribution is -2.51. The predicted octanol–water partition coefficient (Wildman–Crippen LogP) is 1.56. The highest BCUT2D eigenvalue weighted by atomic mass is 35.5. The number of nitrogens with two attached hydrogens (primary N) is 1. The molecule has 106 valence electrons. The van der Waals surface area contributed by atoms with Crippen molar-refractivity contribution in [2.24, 2.45) is 11.7 Å². The Hall–Kier alpha value is -0.320. The summed E-state index contributed by atoms with van der Waals surface area (Å²) >= 11 is 0. The van der Waals surface area contributed by atoms with Crippen molar-refractivity contribution in [3.8, 4) is 0 Å². The second-order valence-electron chi connectivity index (χ2n) is 5.29. The summed E-state index contributed by atoms with van der Waals surface area (Å²) < 4.78 is 5.44. The molecule has 2 rings (SSSR count). The number of nitrogens with zero attached hydrogens (tertiary/aromatic N) is 1. The topological polar surface area (TPSA) is 55.6 Å². The van der Waals surface area contributed by atoms with Crippen molar-refractivity contribution in [2.45, 2.75) is 51.1 Å². The number of hydrogen-bond donors (Lipinski definition) is 1. The molecule has 2 aliphatic rings. The molecule has 1 amide bonds. The first-order valence-electron chi connectivity index (χ1n) is 6.86. The van der Waals surface area contributed by atoms with Gasteiger partial charge in [-0.2, -0.15) is 0 Å². The van der Waals surface area contributed by atoms with Crippen molar-refractivity contribution in [1.82, 2.24) is 4.90 Å². The molecule has 0 aromatic carbocycles. The molecule has 3 atom stereocenters. The number of rotatable bonds is 2. The second-order valence-corrected chi connectivity index (χ2v) is 5.29. The predicted molar refractivity (Wildman–Crippen MR) is 73.8 cm³/mol. The number of hydrogen-bond acceptors (Lipinski definition) is 3. The van der Waals surface area contributed by atoms with Gasteiger partial charge in [0.05, 0.1) is 19.3 Å². The van der Waals surface area contributed by atoms with Gasteiger partial charge in [0, 0.05) is 18.5 Å². The van der Waals surface area contributed by atoms with Gasteiger partial charge in [-0.3, -0.25) is 4.79 Å². The Morgan fingerprint density at radius 3 is 2.89 bits per heavy atom. The van der Waals surface area contributed by atoms with Crippen LogP contribution in [0.5, 0.6) is 0 Å². The lowest BCUT2D eigenvalue weighted by Gasteiger charge is -2.38. The Bertz CT molecular complexity index is 276. The maximum atomic E-state index is 12.5. The fraction of sp³-hybridized carbons (Fsp3) is 0.923. The average Bonchev–Trinajstić information content (AvgIpc) is 2.38. The maximum Gasteiger partial charge on any atom is 0.226 e. The lowest BCUT2D eigenvalue weighted by molar-refractivity contribution is -0.145. The SMILES string of the molecule is CCC1COCCN1C(=O)C1CCCC(N)C1.Cl. The van der Waals surface area contributed by atoms with Gasteiger partial charge >= 0.3 is 0 Å². The molecular weight excluding hydrogens is 252 g/mol. The molecule has 0 bridgehead atoms. The van der Waals surface area contributed by atoms with E-state index in [-0.39, 0.29) is 30.4 Å². The van der Waals surface area contributed by atoms with Crippen molar-refractivity contribution in [3.63, 3.8) is 0 Å². The summed E-state index contributed by atoms with van der Waals surface area (Å²) in [5.41, 5.74) is 5.96. The molecule has 0 aromatic rings. The third kappa shape index (κ3) is 3.59. The third-order valence-electron chi connectivity index (χ3n) is 4.05. The van der Waals surface area contributed by atoms with Crippen molar-refractivity contribution in [2.75, 3.05) is 19.8 Å². The summed E-state index contributed by atoms with van der Waals surface area (Å²) in [5, 5.41) is 0. The van der Waals surface area contributed by atoms with Gasteiger partial charge in [0.1, 0.15) is 0 Å². The van der Waals surface area contributed by atoms with E-state index in [1.165, 1.54) is 0 Å². The monoisotopic (exact) mass is 276 g/mol. The highest BCUT2D eigenvalue weighted by Gasteiger charge is 2.33. The van der Waals surface area contributed by atoms with Crippen LogP contribution in [0.1, 0.15) is 39.0 Å². The van der Waals surface area contributed by atoms with Crippen LogP contribution in [0.2, 0.25) is 0 Å². The minimum Gasteiger partial charge on any atom is -0.377 e. The number of morpholine rings is 1. The maximum absolute atomic E-state index is 12.5. The zero-order valence-electron chi connectivity index (χ0n) is 11.1. The number of halogens is 1. The van der Waals surface area contributed by atoms with E-state index in [0.717, 1.165) is 38.6 Å². The van der Waals surface area contributed by atoms with Crippen LogP contribution < -0.4 is 5.73 Å². The molecule has 3 unspecified atom stereocenters. The number of carbonyl (C=O) groups is 1. The van der Waals surface area contributed by atoms with Gasteiger partial charge in [0.15, 0.2) is 0 Å². The van der Waals surface area contributed by atoms with E-state index in [1.807, 2.05) is 4.90 Å². The number of ether oxygens (including phenoxy) is 1. The molecule has 0 spiro atoms. The van der Waals surface area contributed by atoms with Gasteiger partial charge in [-0.05, 0) is 25.7 Å². The molecule has 1 heterocycles. The normalized spacial score (nSPS) is 32.8. The largest absolute Gasteiger partial charge is 0.377 e. The molecular formula is C13H25ClN2O2. The van der Waals surface area contributed by atoms with Crippen LogP contribution in [0.25, 0.3) is 0 Å². The van der Waals surface area contributed by atoms with Gasteiger partial charge in [0.2, 0.25) is 5.91 Å².